The summed E-state index contributed by atoms with van der Waals surface area (Å²) in [7, 11) is 4.14. The molecule has 0 saturated carbocycles. The van der Waals surface area contributed by atoms with Crippen LogP contribution in [0.2, 0.25) is 0 Å². The molecule has 0 unspecified atom stereocenters. The lowest BCUT2D eigenvalue weighted by atomic mass is 9.68. The van der Waals surface area contributed by atoms with Crippen LogP contribution in [0.3, 0.4) is 0 Å². The number of nitrogens with zero attached hydrogens (tertiary/aromatic N) is 2. The second-order valence-electron chi connectivity index (χ2n) is 6.51. The number of hydrogen-bond donors (Lipinski definition) is 0. The van der Waals surface area contributed by atoms with Crippen LogP contribution in [0.25, 0.3) is 10.8 Å². The van der Waals surface area contributed by atoms with Crippen molar-refractivity contribution in [3.8, 4) is 6.07 Å². The maximum Gasteiger partial charge on any atom is 0.0860 e. The van der Waals surface area contributed by atoms with Crippen LogP contribution in [-0.2, 0) is 5.41 Å². The Morgan fingerprint density at radius 1 is 1.14 bits per heavy atom. The van der Waals surface area contributed by atoms with Crippen LogP contribution >= 0.6 is 0 Å². The summed E-state index contributed by atoms with van der Waals surface area (Å²) in [6.07, 6.45) is 1.87. The third-order valence-corrected chi connectivity index (χ3v) is 4.87. The molecule has 2 aromatic rings. The summed E-state index contributed by atoms with van der Waals surface area (Å²) >= 11 is 0. The lowest BCUT2D eigenvalue weighted by Gasteiger charge is -2.34. The van der Waals surface area contributed by atoms with Crippen molar-refractivity contribution in [3.63, 3.8) is 0 Å². The molecule has 0 amide bonds. The first kappa shape index (κ1) is 16.5. The highest BCUT2D eigenvalue weighted by Crippen LogP contribution is 2.38. The Balaban J connectivity index is 2.52. The predicted molar refractivity (Wildman–Crippen MR) is 93.9 cm³/mol. The average molecular weight is 294 g/mol. The highest BCUT2D eigenvalue weighted by molar-refractivity contribution is 5.83. The number of nitriles is 1. The van der Waals surface area contributed by atoms with Gasteiger partial charge in [0.15, 0.2) is 0 Å². The van der Waals surface area contributed by atoms with Gasteiger partial charge in [-0.1, -0.05) is 56.7 Å². The highest BCUT2D eigenvalue weighted by atomic mass is 15.0. The molecule has 0 aliphatic carbocycles. The van der Waals surface area contributed by atoms with Crippen molar-refractivity contribution in [2.75, 3.05) is 20.6 Å². The van der Waals surface area contributed by atoms with Crippen molar-refractivity contribution in [2.24, 2.45) is 5.92 Å². The van der Waals surface area contributed by atoms with E-state index in [1.807, 2.05) is 0 Å². The van der Waals surface area contributed by atoms with E-state index in [9.17, 15) is 5.26 Å². The van der Waals surface area contributed by atoms with Crippen molar-refractivity contribution in [3.05, 3.63) is 48.0 Å². The average Bonchev–Trinajstić information content (AvgIpc) is 2.55. The summed E-state index contributed by atoms with van der Waals surface area (Å²) in [6, 6.07) is 17.5. The number of benzene rings is 2. The van der Waals surface area contributed by atoms with Gasteiger partial charge in [-0.05, 0) is 55.4 Å². The largest absolute Gasteiger partial charge is 0.309 e. The molecule has 0 N–H and O–H groups in total. The quantitative estimate of drug-likeness (QED) is 0.778. The molecule has 2 nitrogen and oxygen atoms in total. The van der Waals surface area contributed by atoms with Gasteiger partial charge in [-0.2, -0.15) is 5.26 Å². The zero-order chi connectivity index (χ0) is 16.2. The van der Waals surface area contributed by atoms with Crippen LogP contribution in [0.1, 0.15) is 32.3 Å². The van der Waals surface area contributed by atoms with E-state index in [0.717, 1.165) is 24.9 Å². The van der Waals surface area contributed by atoms with Crippen molar-refractivity contribution >= 4 is 10.8 Å². The fourth-order valence-electron chi connectivity index (χ4n) is 3.12. The zero-order valence-electron chi connectivity index (χ0n) is 14.1. The number of rotatable bonds is 6. The monoisotopic (exact) mass is 294 g/mol. The minimum atomic E-state index is -0.414. The first-order valence-electron chi connectivity index (χ1n) is 8.08. The van der Waals surface area contributed by atoms with Gasteiger partial charge in [0.1, 0.15) is 0 Å². The highest BCUT2D eigenvalue weighted by Gasteiger charge is 2.37. The van der Waals surface area contributed by atoms with E-state index in [4.69, 9.17) is 0 Å². The van der Waals surface area contributed by atoms with E-state index >= 15 is 0 Å². The van der Waals surface area contributed by atoms with Gasteiger partial charge >= 0.3 is 0 Å². The summed E-state index contributed by atoms with van der Waals surface area (Å²) < 4.78 is 0. The Bertz CT molecular complexity index is 669. The Morgan fingerprint density at radius 2 is 1.82 bits per heavy atom. The maximum absolute atomic E-state index is 10.0. The Labute approximate surface area is 134 Å². The fourth-order valence-corrected chi connectivity index (χ4v) is 3.12. The second kappa shape index (κ2) is 6.94. The molecule has 0 spiro atoms. The van der Waals surface area contributed by atoms with E-state index in [0.29, 0.717) is 5.92 Å². The molecule has 0 fully saturated rings. The molecule has 2 heteroatoms. The molecule has 0 saturated heterocycles. The molecule has 0 radical (unpaired) electrons. The SMILES string of the molecule is CC[C@H](C)[C@@](C#N)(CCN(C)C)c1ccc2ccccc2c1. The van der Waals surface area contributed by atoms with Crippen molar-refractivity contribution in [1.82, 2.24) is 4.90 Å². The molecule has 2 aromatic carbocycles. The Kier molecular flexibility index (Phi) is 5.21. The van der Waals surface area contributed by atoms with Gasteiger partial charge in [0.2, 0.25) is 0 Å². The topological polar surface area (TPSA) is 27.0 Å². The summed E-state index contributed by atoms with van der Waals surface area (Å²) in [4.78, 5) is 2.16. The molecular weight excluding hydrogens is 268 g/mol. The molecule has 2 atom stereocenters. The van der Waals surface area contributed by atoms with Gasteiger partial charge in [-0.3, -0.25) is 0 Å². The maximum atomic E-state index is 10.0. The van der Waals surface area contributed by atoms with Crippen molar-refractivity contribution < 1.29 is 0 Å². The molecule has 0 bridgehead atoms. The number of fused-ring (bicyclic) bond motifs is 1. The molecule has 0 aromatic heterocycles. The third kappa shape index (κ3) is 3.15. The molecule has 116 valence electrons. The van der Waals surface area contributed by atoms with E-state index in [1.54, 1.807) is 0 Å². The van der Waals surface area contributed by atoms with Crippen molar-refractivity contribution in [2.45, 2.75) is 32.1 Å². The van der Waals surface area contributed by atoms with Gasteiger partial charge in [0, 0.05) is 0 Å². The lowest BCUT2D eigenvalue weighted by molar-refractivity contribution is 0.285. The van der Waals surface area contributed by atoms with Crippen LogP contribution in [0, 0.1) is 17.2 Å². The molecular formula is C20H26N2. The third-order valence-electron chi connectivity index (χ3n) is 4.87. The van der Waals surface area contributed by atoms with Crippen LogP contribution in [0.4, 0.5) is 0 Å². The Hall–Kier alpha value is -1.85. The summed E-state index contributed by atoms with van der Waals surface area (Å²) in [5.41, 5.74) is 0.744. The normalized spacial score (nSPS) is 15.5. The molecule has 22 heavy (non-hydrogen) atoms. The van der Waals surface area contributed by atoms with Crippen molar-refractivity contribution in [1.29, 1.82) is 5.26 Å². The summed E-state index contributed by atoms with van der Waals surface area (Å²) in [5, 5.41) is 12.5. The molecule has 0 aliphatic heterocycles. The van der Waals surface area contributed by atoms with E-state index in [1.165, 1.54) is 10.8 Å². The van der Waals surface area contributed by atoms with Crippen LogP contribution in [0.5, 0.6) is 0 Å². The first-order valence-corrected chi connectivity index (χ1v) is 8.08. The van der Waals surface area contributed by atoms with Gasteiger partial charge in [0.25, 0.3) is 0 Å². The van der Waals surface area contributed by atoms with Gasteiger partial charge in [-0.25, -0.2) is 0 Å². The fraction of sp³-hybridized carbons (Fsp3) is 0.450. The summed E-state index contributed by atoms with van der Waals surface area (Å²) in [5.74, 6) is 0.332. The molecule has 0 heterocycles. The smallest absolute Gasteiger partial charge is 0.0860 e. The number of hydrogen-bond acceptors (Lipinski definition) is 2. The minimum absolute atomic E-state index is 0.332. The molecule has 2 rings (SSSR count). The standard InChI is InChI=1S/C20H26N2/c1-5-16(2)20(15-21,12-13-22(3)4)19-11-10-17-8-6-7-9-18(17)14-19/h6-11,14,16H,5,12-13H2,1-4H3/t16-,20-/m0/s1. The zero-order valence-corrected chi connectivity index (χ0v) is 14.1. The van der Waals surface area contributed by atoms with Gasteiger partial charge in [0.05, 0.1) is 11.5 Å². The van der Waals surface area contributed by atoms with Gasteiger partial charge < -0.3 is 4.90 Å². The van der Waals surface area contributed by atoms with Crippen LogP contribution in [-0.4, -0.2) is 25.5 Å². The minimum Gasteiger partial charge on any atom is -0.309 e. The van der Waals surface area contributed by atoms with E-state index in [-0.39, 0.29) is 0 Å². The lowest BCUT2D eigenvalue weighted by Crippen LogP contribution is -2.35. The summed E-state index contributed by atoms with van der Waals surface area (Å²) in [6.45, 7) is 5.30. The van der Waals surface area contributed by atoms with E-state index < -0.39 is 5.41 Å². The first-order chi connectivity index (χ1) is 10.5. The predicted octanol–water partition coefficient (Wildman–Crippen LogP) is 4.60. The van der Waals surface area contributed by atoms with E-state index in [2.05, 4.69) is 81.4 Å². The molecule has 0 aliphatic rings. The Morgan fingerprint density at radius 3 is 2.41 bits per heavy atom. The second-order valence-corrected chi connectivity index (χ2v) is 6.51. The van der Waals surface area contributed by atoms with Gasteiger partial charge in [-0.15, -0.1) is 0 Å². The van der Waals surface area contributed by atoms with Crippen LogP contribution in [0.15, 0.2) is 42.5 Å². The van der Waals surface area contributed by atoms with Crippen LogP contribution < -0.4 is 0 Å².